The predicted molar refractivity (Wildman–Crippen MR) is 112 cm³/mol. The van der Waals surface area contributed by atoms with Crippen LogP contribution in [-0.4, -0.2) is 20.7 Å². The molecule has 1 fully saturated rings. The first-order valence-corrected chi connectivity index (χ1v) is 10.4. The second kappa shape index (κ2) is 7.25. The van der Waals surface area contributed by atoms with Crippen molar-refractivity contribution in [3.05, 3.63) is 55.2 Å². The fraction of sp³-hybridized carbons (Fsp3) is 0.478. The van der Waals surface area contributed by atoms with Crippen LogP contribution in [0.15, 0.2) is 32.9 Å². The van der Waals surface area contributed by atoms with Crippen molar-refractivity contribution in [1.82, 2.24) is 9.13 Å². The van der Waals surface area contributed by atoms with Gasteiger partial charge in [-0.15, -0.1) is 0 Å². The van der Waals surface area contributed by atoms with Crippen molar-refractivity contribution in [3.63, 3.8) is 0 Å². The largest absolute Gasteiger partial charge is 0.331 e. The van der Waals surface area contributed by atoms with E-state index in [0.29, 0.717) is 28.5 Å². The van der Waals surface area contributed by atoms with E-state index >= 15 is 0 Å². The molecule has 0 bridgehead atoms. The molecule has 1 aromatic heterocycles. The number of carbonyl (C=O) groups excluding carboxylic acids is 2. The van der Waals surface area contributed by atoms with Crippen LogP contribution in [0.3, 0.4) is 0 Å². The highest BCUT2D eigenvalue weighted by atomic mass is 16.2. The van der Waals surface area contributed by atoms with Crippen molar-refractivity contribution in [2.75, 3.05) is 0 Å². The Kier molecular flexibility index (Phi) is 4.89. The predicted octanol–water partition coefficient (Wildman–Crippen LogP) is 3.38. The lowest BCUT2D eigenvalue weighted by Crippen LogP contribution is -2.41. The molecule has 152 valence electrons. The summed E-state index contributed by atoms with van der Waals surface area (Å²) in [5.74, 6) is -0.436. The lowest BCUT2D eigenvalue weighted by atomic mass is 9.85. The quantitative estimate of drug-likeness (QED) is 0.591. The first-order chi connectivity index (χ1) is 13.8. The Labute approximate surface area is 168 Å². The standard InChI is InChI=1S/C23H26N2O4/c1-13-7-6-10-18(26)19(13)21(27)16-11-12-17-20(14(16)2)22(28)25(23(29)24(17)3)15-8-4-5-9-15/h11-12,15H,4-10H2,1-3H3. The summed E-state index contributed by atoms with van der Waals surface area (Å²) in [4.78, 5) is 51.8. The molecule has 1 aromatic carbocycles. The number of hydrogen-bond acceptors (Lipinski definition) is 4. The van der Waals surface area contributed by atoms with Gasteiger partial charge in [-0.1, -0.05) is 18.4 Å². The molecule has 0 N–H and O–H groups in total. The minimum absolute atomic E-state index is 0.0887. The maximum absolute atomic E-state index is 13.3. The van der Waals surface area contributed by atoms with Crippen LogP contribution in [0.5, 0.6) is 0 Å². The molecule has 6 heteroatoms. The fourth-order valence-electron chi connectivity index (χ4n) is 4.91. The summed E-state index contributed by atoms with van der Waals surface area (Å²) < 4.78 is 2.86. The minimum Gasteiger partial charge on any atom is -0.296 e. The maximum Gasteiger partial charge on any atom is 0.331 e. The second-order valence-electron chi connectivity index (χ2n) is 8.35. The number of Topliss-reactive ketones (excluding diaryl/α,β-unsaturated/α-hetero) is 2. The zero-order valence-corrected chi connectivity index (χ0v) is 17.2. The molecular formula is C23H26N2O4. The van der Waals surface area contributed by atoms with E-state index < -0.39 is 0 Å². The van der Waals surface area contributed by atoms with Crippen LogP contribution in [-0.2, 0) is 11.8 Å². The zero-order valence-electron chi connectivity index (χ0n) is 17.2. The monoisotopic (exact) mass is 394 g/mol. The zero-order chi connectivity index (χ0) is 20.9. The lowest BCUT2D eigenvalue weighted by Gasteiger charge is -2.19. The van der Waals surface area contributed by atoms with Crippen LogP contribution in [0.25, 0.3) is 10.9 Å². The SMILES string of the molecule is CC1=C(C(=O)c2ccc3c(c2C)c(=O)n(C2CCCC2)c(=O)n3C)C(=O)CCC1. The Morgan fingerprint density at radius 2 is 1.69 bits per heavy atom. The maximum atomic E-state index is 13.3. The molecule has 0 unspecified atom stereocenters. The van der Waals surface area contributed by atoms with Gasteiger partial charge >= 0.3 is 5.69 Å². The number of ketones is 2. The summed E-state index contributed by atoms with van der Waals surface area (Å²) in [7, 11) is 1.66. The van der Waals surface area contributed by atoms with Gasteiger partial charge < -0.3 is 0 Å². The van der Waals surface area contributed by atoms with Gasteiger partial charge in [0.1, 0.15) is 0 Å². The Bertz CT molecular complexity index is 1190. The highest BCUT2D eigenvalue weighted by molar-refractivity contribution is 6.28. The van der Waals surface area contributed by atoms with Crippen molar-refractivity contribution in [2.24, 2.45) is 7.05 Å². The first kappa shape index (κ1) is 19.6. The lowest BCUT2D eigenvalue weighted by molar-refractivity contribution is -0.115. The molecule has 6 nitrogen and oxygen atoms in total. The molecular weight excluding hydrogens is 368 g/mol. The van der Waals surface area contributed by atoms with Gasteiger partial charge in [0.05, 0.1) is 16.5 Å². The summed E-state index contributed by atoms with van der Waals surface area (Å²) >= 11 is 0. The molecule has 0 atom stereocenters. The van der Waals surface area contributed by atoms with Crippen LogP contribution in [0, 0.1) is 6.92 Å². The van der Waals surface area contributed by atoms with E-state index in [2.05, 4.69) is 0 Å². The smallest absolute Gasteiger partial charge is 0.296 e. The van der Waals surface area contributed by atoms with Crippen molar-refractivity contribution in [1.29, 1.82) is 0 Å². The molecule has 0 saturated heterocycles. The number of aryl methyl sites for hydroxylation is 2. The van der Waals surface area contributed by atoms with E-state index in [1.807, 2.05) is 6.92 Å². The summed E-state index contributed by atoms with van der Waals surface area (Å²) in [5, 5.41) is 0.395. The number of allylic oxidation sites excluding steroid dienone is 2. The summed E-state index contributed by atoms with van der Waals surface area (Å²) in [5.41, 5.74) is 1.87. The van der Waals surface area contributed by atoms with E-state index in [1.165, 1.54) is 9.13 Å². The van der Waals surface area contributed by atoms with Gasteiger partial charge in [-0.25, -0.2) is 4.79 Å². The number of hydrogen-bond donors (Lipinski definition) is 0. The molecule has 4 rings (SSSR count). The molecule has 0 spiro atoms. The van der Waals surface area contributed by atoms with Gasteiger partial charge in [0.25, 0.3) is 5.56 Å². The second-order valence-corrected chi connectivity index (χ2v) is 8.35. The molecule has 1 heterocycles. The molecule has 0 amide bonds. The van der Waals surface area contributed by atoms with E-state index in [1.54, 1.807) is 26.1 Å². The number of rotatable bonds is 3. The van der Waals surface area contributed by atoms with Gasteiger partial charge in [-0.3, -0.25) is 23.5 Å². The molecule has 2 aliphatic carbocycles. The number of fused-ring (bicyclic) bond motifs is 1. The Balaban J connectivity index is 1.96. The first-order valence-electron chi connectivity index (χ1n) is 10.4. The molecule has 0 radical (unpaired) electrons. The topological polar surface area (TPSA) is 78.1 Å². The van der Waals surface area contributed by atoms with Crippen molar-refractivity contribution < 1.29 is 9.59 Å². The van der Waals surface area contributed by atoms with Gasteiger partial charge in [0.2, 0.25) is 0 Å². The third kappa shape index (κ3) is 3.02. The number of aromatic nitrogens is 2. The number of nitrogens with zero attached hydrogens (tertiary/aromatic N) is 2. The molecule has 1 saturated carbocycles. The Morgan fingerprint density at radius 3 is 2.34 bits per heavy atom. The van der Waals surface area contributed by atoms with Crippen LogP contribution in [0.2, 0.25) is 0 Å². The van der Waals surface area contributed by atoms with E-state index in [4.69, 9.17) is 0 Å². The van der Waals surface area contributed by atoms with E-state index in [0.717, 1.165) is 44.1 Å². The molecule has 2 aliphatic rings. The van der Waals surface area contributed by atoms with Crippen LogP contribution in [0.4, 0.5) is 0 Å². The number of benzene rings is 1. The van der Waals surface area contributed by atoms with Gasteiger partial charge in [0.15, 0.2) is 11.6 Å². The van der Waals surface area contributed by atoms with Crippen molar-refractivity contribution in [2.45, 2.75) is 64.8 Å². The highest BCUT2D eigenvalue weighted by Crippen LogP contribution is 2.29. The fourth-order valence-corrected chi connectivity index (χ4v) is 4.91. The molecule has 0 aliphatic heterocycles. The summed E-state index contributed by atoms with van der Waals surface area (Å²) in [6.45, 7) is 3.57. The highest BCUT2D eigenvalue weighted by Gasteiger charge is 2.28. The third-order valence-electron chi connectivity index (χ3n) is 6.55. The average molecular weight is 394 g/mol. The normalized spacial score (nSPS) is 18.1. The van der Waals surface area contributed by atoms with Gasteiger partial charge in [0, 0.05) is 25.1 Å². The summed E-state index contributed by atoms with van der Waals surface area (Å²) in [6.07, 6.45) is 5.54. The van der Waals surface area contributed by atoms with Gasteiger partial charge in [-0.05, 0) is 57.2 Å². The van der Waals surface area contributed by atoms with Crippen molar-refractivity contribution in [3.8, 4) is 0 Å². The molecule has 29 heavy (non-hydrogen) atoms. The van der Waals surface area contributed by atoms with Crippen LogP contribution < -0.4 is 11.2 Å². The Morgan fingerprint density at radius 1 is 1.00 bits per heavy atom. The van der Waals surface area contributed by atoms with E-state index in [9.17, 15) is 19.2 Å². The molecule has 2 aromatic rings. The Hall–Kier alpha value is -2.76. The number of carbonyl (C=O) groups is 2. The van der Waals surface area contributed by atoms with Crippen LogP contribution >= 0.6 is 0 Å². The van der Waals surface area contributed by atoms with E-state index in [-0.39, 0.29) is 34.4 Å². The van der Waals surface area contributed by atoms with Gasteiger partial charge in [-0.2, -0.15) is 0 Å². The van der Waals surface area contributed by atoms with Crippen molar-refractivity contribution >= 4 is 22.5 Å². The average Bonchev–Trinajstić information content (AvgIpc) is 3.20. The summed E-state index contributed by atoms with van der Waals surface area (Å²) in [6, 6.07) is 3.20. The van der Waals surface area contributed by atoms with Crippen LogP contribution in [0.1, 0.15) is 73.8 Å². The minimum atomic E-state index is -0.331. The third-order valence-corrected chi connectivity index (χ3v) is 6.55.